The van der Waals surface area contributed by atoms with Gasteiger partial charge in [0.1, 0.15) is 11.2 Å². The third-order valence-corrected chi connectivity index (χ3v) is 5.79. The van der Waals surface area contributed by atoms with Crippen molar-refractivity contribution in [3.05, 3.63) is 58.1 Å². The number of ether oxygens (including phenoxy) is 2. The van der Waals surface area contributed by atoms with Crippen molar-refractivity contribution in [2.75, 3.05) is 18.5 Å². The third kappa shape index (κ3) is 6.71. The highest BCUT2D eigenvalue weighted by molar-refractivity contribution is 6.32. The van der Waals surface area contributed by atoms with Crippen molar-refractivity contribution in [3.8, 4) is 5.75 Å². The number of amides is 2. The van der Waals surface area contributed by atoms with E-state index in [4.69, 9.17) is 16.3 Å². The molecule has 0 aromatic heterocycles. The molecular formula is C23H17ClF9N3O4. The number of hydrazone groups is 1. The minimum atomic E-state index is -5.48. The van der Waals surface area contributed by atoms with Gasteiger partial charge in [-0.05, 0) is 38.1 Å². The first kappa shape index (κ1) is 30.8. The van der Waals surface area contributed by atoms with Gasteiger partial charge < -0.3 is 14.8 Å². The van der Waals surface area contributed by atoms with Crippen LogP contribution in [0.15, 0.2) is 41.5 Å². The zero-order valence-electron chi connectivity index (χ0n) is 20.2. The molecule has 0 fully saturated rings. The van der Waals surface area contributed by atoms with Crippen LogP contribution in [0.2, 0.25) is 5.02 Å². The number of halogens is 10. The number of nitrogens with zero attached hydrogens (tertiary/aromatic N) is 2. The average Bonchev–Trinajstić information content (AvgIpc) is 3.15. The molecule has 0 bridgehead atoms. The van der Waals surface area contributed by atoms with Gasteiger partial charge in [0.25, 0.3) is 0 Å². The van der Waals surface area contributed by atoms with Gasteiger partial charge in [0.2, 0.25) is 0 Å². The molecule has 1 N–H and O–H groups in total. The van der Waals surface area contributed by atoms with Gasteiger partial charge in [-0.25, -0.2) is 9.80 Å². The summed E-state index contributed by atoms with van der Waals surface area (Å²) in [5.74, 6) is -2.56. The van der Waals surface area contributed by atoms with Crippen molar-refractivity contribution in [2.45, 2.75) is 32.6 Å². The van der Waals surface area contributed by atoms with Crippen LogP contribution in [-0.2, 0) is 21.9 Å². The van der Waals surface area contributed by atoms with Crippen molar-refractivity contribution >= 4 is 35.0 Å². The average molecular weight is 606 g/mol. The highest BCUT2D eigenvalue weighted by atomic mass is 35.5. The lowest BCUT2D eigenvalue weighted by atomic mass is 9.82. The number of carbonyl (C=O) groups excluding carboxylic acids is 2. The molecule has 0 saturated carbocycles. The van der Waals surface area contributed by atoms with E-state index >= 15 is 0 Å². The van der Waals surface area contributed by atoms with E-state index in [-0.39, 0.29) is 30.0 Å². The third-order valence-electron chi connectivity index (χ3n) is 5.48. The number of esters is 1. The number of anilines is 1. The number of hydrogen-bond donors (Lipinski definition) is 1. The molecule has 7 nitrogen and oxygen atoms in total. The topological polar surface area (TPSA) is 80.2 Å². The Kier molecular flexibility index (Phi) is 8.26. The van der Waals surface area contributed by atoms with Crippen LogP contribution in [0.25, 0.3) is 0 Å². The molecule has 2 aromatic carbocycles. The summed E-state index contributed by atoms with van der Waals surface area (Å²) in [4.78, 5) is 25.7. The van der Waals surface area contributed by atoms with E-state index in [0.29, 0.717) is 17.1 Å². The summed E-state index contributed by atoms with van der Waals surface area (Å²) in [6.07, 6.45) is -15.5. The molecule has 218 valence electrons. The molecule has 1 unspecified atom stereocenters. The van der Waals surface area contributed by atoms with Crippen LogP contribution in [0.4, 0.5) is 50.0 Å². The molecule has 0 saturated heterocycles. The Morgan fingerprint density at radius 1 is 1.00 bits per heavy atom. The Balaban J connectivity index is 1.98. The summed E-state index contributed by atoms with van der Waals surface area (Å²) in [7, 11) is 0. The minimum absolute atomic E-state index is 0.0840. The van der Waals surface area contributed by atoms with Crippen LogP contribution >= 0.6 is 11.6 Å². The predicted molar refractivity (Wildman–Crippen MR) is 122 cm³/mol. The molecule has 40 heavy (non-hydrogen) atoms. The SMILES string of the molecule is CCOC(=O)C1(C)CN(C(=O)Nc2ccc(C(F)(F)F)c(OC(F)(F)F)c2)N=C1c1ccc(C(F)(F)F)c(Cl)c1. The predicted octanol–water partition coefficient (Wildman–Crippen LogP) is 7.10. The number of urea groups is 1. The number of alkyl halides is 9. The lowest BCUT2D eigenvalue weighted by molar-refractivity contribution is -0.276. The monoisotopic (exact) mass is 605 g/mol. The highest BCUT2D eigenvalue weighted by Gasteiger charge is 2.49. The molecule has 3 rings (SSSR count). The molecule has 2 aromatic rings. The summed E-state index contributed by atoms with van der Waals surface area (Å²) in [6.45, 7) is 2.07. The van der Waals surface area contributed by atoms with Crippen LogP contribution in [0.5, 0.6) is 5.75 Å². The molecule has 0 aliphatic carbocycles. The van der Waals surface area contributed by atoms with Crippen molar-refractivity contribution in [1.82, 2.24) is 5.01 Å². The van der Waals surface area contributed by atoms with E-state index in [2.05, 4.69) is 9.84 Å². The Bertz CT molecular complexity index is 1340. The fourth-order valence-corrected chi connectivity index (χ4v) is 4.00. The number of rotatable bonds is 5. The normalized spacial score (nSPS) is 17.9. The number of carbonyl (C=O) groups is 2. The first-order valence-corrected chi connectivity index (χ1v) is 11.3. The summed E-state index contributed by atoms with van der Waals surface area (Å²) in [5.41, 5.74) is -5.57. The van der Waals surface area contributed by atoms with Crippen LogP contribution in [0.1, 0.15) is 30.5 Å². The van der Waals surface area contributed by atoms with E-state index in [1.807, 2.05) is 5.32 Å². The lowest BCUT2D eigenvalue weighted by Gasteiger charge is -2.24. The van der Waals surface area contributed by atoms with E-state index in [9.17, 15) is 49.1 Å². The summed E-state index contributed by atoms with van der Waals surface area (Å²) < 4.78 is 125. The van der Waals surface area contributed by atoms with Crippen LogP contribution < -0.4 is 10.1 Å². The van der Waals surface area contributed by atoms with Gasteiger partial charge in [-0.2, -0.15) is 31.4 Å². The van der Waals surface area contributed by atoms with Gasteiger partial charge in [-0.15, -0.1) is 13.2 Å². The zero-order valence-corrected chi connectivity index (χ0v) is 20.9. The smallest absolute Gasteiger partial charge is 0.465 e. The van der Waals surface area contributed by atoms with Crippen LogP contribution in [0, 0.1) is 5.41 Å². The van der Waals surface area contributed by atoms with Gasteiger partial charge in [-0.3, -0.25) is 4.79 Å². The molecule has 17 heteroatoms. The van der Waals surface area contributed by atoms with Crippen LogP contribution in [-0.4, -0.2) is 42.2 Å². The first-order chi connectivity index (χ1) is 18.3. The quantitative estimate of drug-likeness (QED) is 0.291. The minimum Gasteiger partial charge on any atom is -0.465 e. The second kappa shape index (κ2) is 10.7. The Hall–Kier alpha value is -3.69. The summed E-state index contributed by atoms with van der Waals surface area (Å²) in [6, 6.07) is 2.46. The summed E-state index contributed by atoms with van der Waals surface area (Å²) >= 11 is 5.78. The van der Waals surface area contributed by atoms with Crippen molar-refractivity contribution < 1.29 is 58.6 Å². The van der Waals surface area contributed by atoms with E-state index < -0.39 is 70.3 Å². The Morgan fingerprint density at radius 2 is 1.60 bits per heavy atom. The fourth-order valence-electron chi connectivity index (χ4n) is 3.71. The molecule has 0 spiro atoms. The van der Waals surface area contributed by atoms with E-state index in [1.165, 1.54) is 13.8 Å². The molecule has 1 aliphatic rings. The van der Waals surface area contributed by atoms with Crippen molar-refractivity contribution in [3.63, 3.8) is 0 Å². The molecule has 1 heterocycles. The zero-order chi connectivity index (χ0) is 30.3. The maximum absolute atomic E-state index is 13.1. The van der Waals surface area contributed by atoms with Gasteiger partial charge in [0.15, 0.2) is 0 Å². The van der Waals surface area contributed by atoms with E-state index in [1.54, 1.807) is 0 Å². The summed E-state index contributed by atoms with van der Waals surface area (Å²) in [5, 5.41) is 5.91. The first-order valence-electron chi connectivity index (χ1n) is 10.9. The highest BCUT2D eigenvalue weighted by Crippen LogP contribution is 2.41. The van der Waals surface area contributed by atoms with Crippen LogP contribution in [0.3, 0.4) is 0 Å². The number of benzene rings is 2. The van der Waals surface area contributed by atoms with Crippen molar-refractivity contribution in [1.29, 1.82) is 0 Å². The fraction of sp³-hybridized carbons (Fsp3) is 0.348. The van der Waals surface area contributed by atoms with Gasteiger partial charge in [0.05, 0.1) is 35.0 Å². The second-order valence-electron chi connectivity index (χ2n) is 8.44. The standard InChI is InChI=1S/C23H17ClF9N3O4/c1-3-39-18(37)20(2)10-36(35-17(20)11-4-6-13(15(24)8-11)21(25,26)27)19(38)34-12-5-7-14(22(28,29)30)16(9-12)40-23(31,32)33/h4-9H,3,10H2,1-2H3,(H,34,38). The lowest BCUT2D eigenvalue weighted by Crippen LogP contribution is -2.42. The number of hydrogen-bond acceptors (Lipinski definition) is 5. The molecule has 1 aliphatic heterocycles. The maximum Gasteiger partial charge on any atom is 0.573 e. The van der Waals surface area contributed by atoms with Gasteiger partial charge in [-0.1, -0.05) is 17.7 Å². The number of nitrogens with one attached hydrogen (secondary N) is 1. The second-order valence-corrected chi connectivity index (χ2v) is 8.85. The molecule has 1 atom stereocenters. The molecular weight excluding hydrogens is 589 g/mol. The Morgan fingerprint density at radius 3 is 2.12 bits per heavy atom. The maximum atomic E-state index is 13.1. The molecule has 2 amide bonds. The Labute approximate surface area is 224 Å². The van der Waals surface area contributed by atoms with Crippen molar-refractivity contribution in [2.24, 2.45) is 10.5 Å². The largest absolute Gasteiger partial charge is 0.573 e. The van der Waals surface area contributed by atoms with Gasteiger partial charge >= 0.3 is 30.7 Å². The molecule has 0 radical (unpaired) electrons. The van der Waals surface area contributed by atoms with E-state index in [0.717, 1.165) is 12.1 Å². The van der Waals surface area contributed by atoms with Gasteiger partial charge in [0, 0.05) is 17.3 Å².